The summed E-state index contributed by atoms with van der Waals surface area (Å²) in [6.07, 6.45) is 3.92. The fourth-order valence-electron chi connectivity index (χ4n) is 6.97. The van der Waals surface area contributed by atoms with Gasteiger partial charge in [-0.15, -0.1) is 0 Å². The van der Waals surface area contributed by atoms with Gasteiger partial charge in [-0.25, -0.2) is 0 Å². The van der Waals surface area contributed by atoms with Crippen LogP contribution in [-0.2, 0) is 19.5 Å². The van der Waals surface area contributed by atoms with E-state index in [2.05, 4.69) is 74.9 Å². The molecule has 1 aliphatic carbocycles. The third-order valence-electron chi connectivity index (χ3n) is 10.4. The fraction of sp³-hybridized carbons (Fsp3) is 0.750. The first-order valence-corrected chi connectivity index (χ1v) is 13.8. The largest absolute Gasteiger partial charge is 0.494 e. The summed E-state index contributed by atoms with van der Waals surface area (Å²) in [4.78, 5) is 19.0. The molecule has 1 aromatic carbocycles. The van der Waals surface area contributed by atoms with Gasteiger partial charge in [0.05, 0.1) is 16.6 Å². The zero-order valence-corrected chi connectivity index (χ0v) is 22.4. The summed E-state index contributed by atoms with van der Waals surface area (Å²) in [5, 5.41) is 3.47. The highest BCUT2D eigenvalue weighted by atomic mass is 16.7. The summed E-state index contributed by atoms with van der Waals surface area (Å²) in [5.41, 5.74) is 2.20. The molecule has 3 saturated heterocycles. The molecule has 7 heteroatoms. The van der Waals surface area contributed by atoms with Gasteiger partial charge in [0.1, 0.15) is 0 Å². The first-order chi connectivity index (χ1) is 16.5. The predicted molar refractivity (Wildman–Crippen MR) is 140 cm³/mol. The number of piperidine rings is 1. The van der Waals surface area contributed by atoms with Crippen LogP contribution >= 0.6 is 0 Å². The number of likely N-dealkylation sites (tertiary alicyclic amines) is 1. The number of fused-ring (bicyclic) bond motifs is 2. The lowest BCUT2D eigenvalue weighted by atomic mass is 9.72. The number of anilines is 1. The highest BCUT2D eigenvalue weighted by Crippen LogP contribution is 2.50. The first kappa shape index (κ1) is 24.0. The van der Waals surface area contributed by atoms with Crippen molar-refractivity contribution in [3.63, 3.8) is 0 Å². The van der Waals surface area contributed by atoms with Gasteiger partial charge in [0.2, 0.25) is 5.91 Å². The van der Waals surface area contributed by atoms with Crippen LogP contribution in [0.3, 0.4) is 0 Å². The summed E-state index contributed by atoms with van der Waals surface area (Å²) in [5.74, 6) is 1.86. The van der Waals surface area contributed by atoms with Crippen LogP contribution in [0.4, 0.5) is 5.69 Å². The number of carbonyl (C=O) groups excluding carboxylic acids is 1. The molecule has 0 radical (unpaired) electrons. The van der Waals surface area contributed by atoms with Crippen molar-refractivity contribution >= 4 is 24.2 Å². The minimum Gasteiger partial charge on any atom is -0.399 e. The maximum Gasteiger partial charge on any atom is 0.494 e. The molecule has 1 spiro atoms. The normalized spacial score (nSPS) is 35.5. The lowest BCUT2D eigenvalue weighted by Crippen LogP contribution is -2.57. The van der Waals surface area contributed by atoms with Crippen LogP contribution in [0.1, 0.15) is 72.8 Å². The summed E-state index contributed by atoms with van der Waals surface area (Å²) < 4.78 is 12.7. The molecule has 5 aliphatic rings. The molecule has 0 unspecified atom stereocenters. The third-order valence-corrected chi connectivity index (χ3v) is 10.4. The van der Waals surface area contributed by atoms with Crippen molar-refractivity contribution in [2.24, 2.45) is 11.8 Å². The van der Waals surface area contributed by atoms with Gasteiger partial charge in [-0.05, 0) is 95.4 Å². The zero-order valence-electron chi connectivity index (χ0n) is 22.4. The van der Waals surface area contributed by atoms with Gasteiger partial charge in [-0.2, -0.15) is 0 Å². The number of hydrogen-bond acceptors (Lipinski definition) is 5. The van der Waals surface area contributed by atoms with Crippen molar-refractivity contribution in [3.8, 4) is 0 Å². The zero-order chi connectivity index (χ0) is 24.8. The van der Waals surface area contributed by atoms with Crippen molar-refractivity contribution in [1.29, 1.82) is 0 Å². The van der Waals surface area contributed by atoms with E-state index in [0.29, 0.717) is 18.0 Å². The third kappa shape index (κ3) is 3.56. The quantitative estimate of drug-likeness (QED) is 0.676. The molecule has 1 N–H and O–H groups in total. The smallest absolute Gasteiger partial charge is 0.399 e. The van der Waals surface area contributed by atoms with E-state index in [4.69, 9.17) is 9.31 Å². The summed E-state index contributed by atoms with van der Waals surface area (Å²) in [6.45, 7) is 17.3. The highest BCUT2D eigenvalue weighted by molar-refractivity contribution is 6.62. The molecule has 4 heterocycles. The molecule has 4 aliphatic heterocycles. The van der Waals surface area contributed by atoms with Crippen LogP contribution in [0.2, 0.25) is 0 Å². The van der Waals surface area contributed by atoms with E-state index >= 15 is 0 Å². The molecule has 0 aromatic heterocycles. The van der Waals surface area contributed by atoms with Crippen LogP contribution in [0, 0.1) is 11.8 Å². The Morgan fingerprint density at radius 1 is 0.943 bits per heavy atom. The molecular weight excluding hydrogens is 437 g/mol. The monoisotopic (exact) mass is 479 g/mol. The Balaban J connectivity index is 1.30. The molecule has 190 valence electrons. The average molecular weight is 479 g/mol. The van der Waals surface area contributed by atoms with Crippen molar-refractivity contribution < 1.29 is 14.1 Å². The Labute approximate surface area is 211 Å². The van der Waals surface area contributed by atoms with E-state index < -0.39 is 7.12 Å². The molecule has 2 atom stereocenters. The molecule has 6 nitrogen and oxygen atoms in total. The van der Waals surface area contributed by atoms with E-state index in [1.165, 1.54) is 18.7 Å². The second-order valence-electron chi connectivity index (χ2n) is 13.1. The second kappa shape index (κ2) is 8.05. The van der Waals surface area contributed by atoms with Crippen LogP contribution in [0.25, 0.3) is 0 Å². The topological polar surface area (TPSA) is 54.0 Å². The Morgan fingerprint density at radius 2 is 1.54 bits per heavy atom. The van der Waals surface area contributed by atoms with Gasteiger partial charge < -0.3 is 19.5 Å². The predicted octanol–water partition coefficient (Wildman–Crippen LogP) is 3.07. The lowest BCUT2D eigenvalue weighted by molar-refractivity contribution is -0.125. The van der Waals surface area contributed by atoms with E-state index in [1.54, 1.807) is 0 Å². The summed E-state index contributed by atoms with van der Waals surface area (Å²) >= 11 is 0. The maximum atomic E-state index is 14.2. The summed E-state index contributed by atoms with van der Waals surface area (Å²) in [6, 6.07) is 7.45. The lowest BCUT2D eigenvalue weighted by Gasteiger charge is -2.46. The first-order valence-electron chi connectivity index (χ1n) is 13.8. The molecule has 35 heavy (non-hydrogen) atoms. The van der Waals surface area contributed by atoms with E-state index in [-0.39, 0.29) is 16.6 Å². The van der Waals surface area contributed by atoms with Crippen molar-refractivity contribution in [3.05, 3.63) is 23.8 Å². The van der Waals surface area contributed by atoms with Crippen LogP contribution in [0.15, 0.2) is 18.2 Å². The number of nitrogens with one attached hydrogen (secondary N) is 1. The van der Waals surface area contributed by atoms with Crippen molar-refractivity contribution in [1.82, 2.24) is 10.2 Å². The number of nitrogens with zero attached hydrogens (tertiary/aromatic N) is 2. The van der Waals surface area contributed by atoms with Crippen LogP contribution in [-0.4, -0.2) is 67.4 Å². The van der Waals surface area contributed by atoms with Crippen LogP contribution in [0.5, 0.6) is 0 Å². The number of rotatable bonds is 3. The molecule has 1 saturated carbocycles. The Hall–Kier alpha value is -1.41. The fourth-order valence-corrected chi connectivity index (χ4v) is 6.97. The number of carbonyl (C=O) groups is 1. The number of benzene rings is 1. The summed E-state index contributed by atoms with van der Waals surface area (Å²) in [7, 11) is -0.409. The molecular formula is C28H42BN3O3. The highest BCUT2D eigenvalue weighted by Gasteiger charge is 2.56. The second-order valence-corrected chi connectivity index (χ2v) is 13.1. The van der Waals surface area contributed by atoms with Crippen LogP contribution < -0.4 is 15.7 Å². The standard InChI is InChI=1S/C28H42BN3O3/c1-18-16-31(17-19(18)2)21-14-22(15-21)32-24-13-20(29-34-26(3,4)27(5,6)35-29)7-8-23(24)28(25(32)33)9-11-30-12-10-28/h7-8,13,18-19,21-22,30H,9-12,14-17H2,1-6H3/t18-,19+,21-,22+. The molecule has 4 fully saturated rings. The number of amides is 1. The molecule has 1 aromatic rings. The van der Waals surface area contributed by atoms with Crippen molar-refractivity contribution in [2.45, 2.75) is 95.9 Å². The van der Waals surface area contributed by atoms with Crippen molar-refractivity contribution in [2.75, 3.05) is 31.1 Å². The Morgan fingerprint density at radius 3 is 2.14 bits per heavy atom. The average Bonchev–Trinajstić information content (AvgIpc) is 3.30. The van der Waals surface area contributed by atoms with Gasteiger partial charge >= 0.3 is 7.12 Å². The van der Waals surface area contributed by atoms with Gasteiger partial charge in [0.15, 0.2) is 0 Å². The van der Waals surface area contributed by atoms with Gasteiger partial charge in [-0.3, -0.25) is 9.69 Å². The maximum absolute atomic E-state index is 14.2. The van der Waals surface area contributed by atoms with E-state index in [0.717, 1.165) is 61.8 Å². The SMILES string of the molecule is C[C@@H]1CN([C@H]2C[C@@H](N3C(=O)C4(CCNCC4)c4ccc(B5OC(C)(C)C(C)(C)O5)cc43)C2)C[C@@H]1C. The number of hydrogen-bond donors (Lipinski definition) is 1. The van der Waals surface area contributed by atoms with E-state index in [1.807, 2.05) is 0 Å². The van der Waals surface area contributed by atoms with Gasteiger partial charge in [0.25, 0.3) is 0 Å². The van der Waals surface area contributed by atoms with Gasteiger partial charge in [-0.1, -0.05) is 26.0 Å². The Kier molecular flexibility index (Phi) is 5.51. The van der Waals surface area contributed by atoms with Gasteiger partial charge in [0, 0.05) is 30.9 Å². The minimum atomic E-state index is -0.409. The molecule has 1 amide bonds. The molecule has 0 bridgehead atoms. The Bertz CT molecular complexity index is 989. The van der Waals surface area contributed by atoms with E-state index in [9.17, 15) is 4.79 Å². The molecule has 6 rings (SSSR count). The minimum absolute atomic E-state index is 0.292.